The minimum Gasteiger partial charge on any atom is -0.336 e. The standard InChI is InChI=1S/C23H23N3O2/c1-3-17-9-11-20(12-10-17)25-22(27)19-13-14-24-21(15-19)23(28)26(2)16-18-7-5-4-6-8-18/h4-15H,3,16H2,1-2H3,(H,25,27). The molecule has 2 aromatic carbocycles. The van der Waals surface area contributed by atoms with Crippen molar-refractivity contribution in [1.82, 2.24) is 9.88 Å². The van der Waals surface area contributed by atoms with Gasteiger partial charge < -0.3 is 10.2 Å². The van der Waals surface area contributed by atoms with Crippen molar-refractivity contribution in [3.05, 3.63) is 95.3 Å². The van der Waals surface area contributed by atoms with Gasteiger partial charge in [0.25, 0.3) is 11.8 Å². The number of nitrogens with one attached hydrogen (secondary N) is 1. The molecule has 0 aliphatic rings. The Morgan fingerprint density at radius 2 is 1.68 bits per heavy atom. The third-order valence-corrected chi connectivity index (χ3v) is 4.47. The molecule has 28 heavy (non-hydrogen) atoms. The molecule has 2 amide bonds. The summed E-state index contributed by atoms with van der Waals surface area (Å²) in [5, 5.41) is 2.85. The van der Waals surface area contributed by atoms with Crippen LogP contribution < -0.4 is 5.32 Å². The molecular formula is C23H23N3O2. The highest BCUT2D eigenvalue weighted by molar-refractivity contribution is 6.05. The number of benzene rings is 2. The summed E-state index contributed by atoms with van der Waals surface area (Å²) in [6.45, 7) is 2.56. The van der Waals surface area contributed by atoms with Gasteiger partial charge in [0.15, 0.2) is 0 Å². The summed E-state index contributed by atoms with van der Waals surface area (Å²) in [6, 6.07) is 20.6. The quantitative estimate of drug-likeness (QED) is 0.705. The van der Waals surface area contributed by atoms with E-state index in [1.807, 2.05) is 54.6 Å². The highest BCUT2D eigenvalue weighted by atomic mass is 16.2. The van der Waals surface area contributed by atoms with Gasteiger partial charge in [-0.25, -0.2) is 0 Å². The minimum atomic E-state index is -0.272. The van der Waals surface area contributed by atoms with Gasteiger partial charge in [-0.2, -0.15) is 0 Å². The number of amides is 2. The lowest BCUT2D eigenvalue weighted by atomic mass is 10.1. The van der Waals surface area contributed by atoms with Crippen molar-refractivity contribution in [2.75, 3.05) is 12.4 Å². The average molecular weight is 373 g/mol. The third-order valence-electron chi connectivity index (χ3n) is 4.47. The Balaban J connectivity index is 1.69. The van der Waals surface area contributed by atoms with Crippen molar-refractivity contribution in [2.24, 2.45) is 0 Å². The van der Waals surface area contributed by atoms with E-state index >= 15 is 0 Å². The van der Waals surface area contributed by atoms with Crippen molar-refractivity contribution in [3.63, 3.8) is 0 Å². The summed E-state index contributed by atoms with van der Waals surface area (Å²) in [4.78, 5) is 31.0. The van der Waals surface area contributed by atoms with Gasteiger partial charge in [0.1, 0.15) is 5.69 Å². The van der Waals surface area contributed by atoms with Gasteiger partial charge in [0.2, 0.25) is 0 Å². The Hall–Kier alpha value is -3.47. The smallest absolute Gasteiger partial charge is 0.272 e. The molecule has 0 radical (unpaired) electrons. The molecule has 3 aromatic rings. The molecular weight excluding hydrogens is 350 g/mol. The van der Waals surface area contributed by atoms with E-state index in [4.69, 9.17) is 0 Å². The minimum absolute atomic E-state index is 0.231. The summed E-state index contributed by atoms with van der Waals surface area (Å²) in [6.07, 6.45) is 2.43. The van der Waals surface area contributed by atoms with E-state index in [1.54, 1.807) is 18.0 Å². The molecule has 0 saturated carbocycles. The van der Waals surface area contributed by atoms with Crippen molar-refractivity contribution < 1.29 is 9.59 Å². The SMILES string of the molecule is CCc1ccc(NC(=O)c2ccnc(C(=O)N(C)Cc3ccccc3)c2)cc1. The van der Waals surface area contributed by atoms with Crippen LogP contribution in [0.15, 0.2) is 72.9 Å². The molecule has 0 atom stereocenters. The van der Waals surface area contributed by atoms with Crippen LogP contribution in [0.3, 0.4) is 0 Å². The number of aromatic nitrogens is 1. The number of carbonyl (C=O) groups excluding carboxylic acids is 2. The molecule has 0 fully saturated rings. The lowest BCUT2D eigenvalue weighted by Crippen LogP contribution is -2.27. The average Bonchev–Trinajstić information content (AvgIpc) is 2.74. The first-order valence-corrected chi connectivity index (χ1v) is 9.22. The molecule has 5 heteroatoms. The lowest BCUT2D eigenvalue weighted by molar-refractivity contribution is 0.0779. The van der Waals surface area contributed by atoms with E-state index in [0.29, 0.717) is 17.8 Å². The molecule has 0 spiro atoms. The van der Waals surface area contributed by atoms with Crippen LogP contribution in [0, 0.1) is 0 Å². The van der Waals surface area contributed by atoms with Crippen molar-refractivity contribution in [1.29, 1.82) is 0 Å². The fourth-order valence-corrected chi connectivity index (χ4v) is 2.84. The zero-order valence-electron chi connectivity index (χ0n) is 16.1. The molecule has 0 unspecified atom stereocenters. The first-order chi connectivity index (χ1) is 13.6. The number of hydrogen-bond acceptors (Lipinski definition) is 3. The van der Waals surface area contributed by atoms with Crippen molar-refractivity contribution in [2.45, 2.75) is 19.9 Å². The van der Waals surface area contributed by atoms with Crippen LogP contribution in [0.5, 0.6) is 0 Å². The number of anilines is 1. The van der Waals surface area contributed by atoms with Crippen LogP contribution >= 0.6 is 0 Å². The number of aryl methyl sites for hydroxylation is 1. The number of pyridine rings is 1. The molecule has 0 bridgehead atoms. The molecule has 0 saturated heterocycles. The third kappa shape index (κ3) is 4.82. The Kier molecular flexibility index (Phi) is 6.17. The number of hydrogen-bond donors (Lipinski definition) is 1. The first kappa shape index (κ1) is 19.3. The van der Waals surface area contributed by atoms with E-state index < -0.39 is 0 Å². The second-order valence-corrected chi connectivity index (χ2v) is 6.58. The zero-order chi connectivity index (χ0) is 19.9. The molecule has 3 rings (SSSR count). The monoisotopic (exact) mass is 373 g/mol. The molecule has 1 N–H and O–H groups in total. The van der Waals surface area contributed by atoms with E-state index in [9.17, 15) is 9.59 Å². The maximum Gasteiger partial charge on any atom is 0.272 e. The van der Waals surface area contributed by atoms with Crippen LogP contribution in [0.1, 0.15) is 38.9 Å². The topological polar surface area (TPSA) is 62.3 Å². The molecule has 142 valence electrons. The summed E-state index contributed by atoms with van der Waals surface area (Å²) >= 11 is 0. The van der Waals surface area contributed by atoms with Crippen LogP contribution in [0.2, 0.25) is 0 Å². The van der Waals surface area contributed by atoms with Gasteiger partial charge in [-0.05, 0) is 41.8 Å². The van der Waals surface area contributed by atoms with E-state index in [1.165, 1.54) is 17.8 Å². The Morgan fingerprint density at radius 1 is 0.964 bits per heavy atom. The van der Waals surface area contributed by atoms with Gasteiger partial charge in [-0.1, -0.05) is 49.4 Å². The second kappa shape index (κ2) is 8.95. The van der Waals surface area contributed by atoms with Crippen LogP contribution in [0.25, 0.3) is 0 Å². The predicted octanol–water partition coefficient (Wildman–Crippen LogP) is 4.17. The van der Waals surface area contributed by atoms with Crippen LogP contribution in [-0.4, -0.2) is 28.7 Å². The fourth-order valence-electron chi connectivity index (χ4n) is 2.84. The van der Waals surface area contributed by atoms with Crippen molar-refractivity contribution in [3.8, 4) is 0 Å². The number of carbonyl (C=O) groups is 2. The lowest BCUT2D eigenvalue weighted by Gasteiger charge is -2.17. The zero-order valence-corrected chi connectivity index (χ0v) is 16.1. The molecule has 5 nitrogen and oxygen atoms in total. The predicted molar refractivity (Wildman–Crippen MR) is 110 cm³/mol. The Morgan fingerprint density at radius 3 is 2.36 bits per heavy atom. The van der Waals surface area contributed by atoms with Gasteiger partial charge in [0.05, 0.1) is 0 Å². The molecule has 1 heterocycles. The summed E-state index contributed by atoms with van der Waals surface area (Å²) in [5.74, 6) is -0.503. The molecule has 0 aliphatic heterocycles. The summed E-state index contributed by atoms with van der Waals surface area (Å²) < 4.78 is 0. The highest BCUT2D eigenvalue weighted by Gasteiger charge is 2.16. The van der Waals surface area contributed by atoms with Gasteiger partial charge >= 0.3 is 0 Å². The van der Waals surface area contributed by atoms with E-state index in [2.05, 4.69) is 17.2 Å². The van der Waals surface area contributed by atoms with Crippen LogP contribution in [0.4, 0.5) is 5.69 Å². The largest absolute Gasteiger partial charge is 0.336 e. The van der Waals surface area contributed by atoms with Crippen molar-refractivity contribution >= 4 is 17.5 Å². The molecule has 0 aliphatic carbocycles. The summed E-state index contributed by atoms with van der Waals surface area (Å²) in [5.41, 5.74) is 3.59. The normalized spacial score (nSPS) is 10.4. The van der Waals surface area contributed by atoms with E-state index in [-0.39, 0.29) is 17.5 Å². The van der Waals surface area contributed by atoms with Gasteiger partial charge in [-0.3, -0.25) is 14.6 Å². The highest BCUT2D eigenvalue weighted by Crippen LogP contribution is 2.13. The second-order valence-electron chi connectivity index (χ2n) is 6.58. The Bertz CT molecular complexity index is 953. The maximum absolute atomic E-state index is 12.7. The van der Waals surface area contributed by atoms with Gasteiger partial charge in [-0.15, -0.1) is 0 Å². The van der Waals surface area contributed by atoms with Gasteiger partial charge in [0, 0.05) is 31.0 Å². The maximum atomic E-state index is 12.7. The number of rotatable bonds is 6. The summed E-state index contributed by atoms with van der Waals surface area (Å²) in [7, 11) is 1.72. The number of nitrogens with zero attached hydrogens (tertiary/aromatic N) is 2. The molecule has 1 aromatic heterocycles. The Labute approximate surface area is 165 Å². The first-order valence-electron chi connectivity index (χ1n) is 9.22. The van der Waals surface area contributed by atoms with Crippen LogP contribution in [-0.2, 0) is 13.0 Å². The van der Waals surface area contributed by atoms with E-state index in [0.717, 1.165) is 12.0 Å². The fraction of sp³-hybridized carbons (Fsp3) is 0.174.